The number of nitrogens with zero attached hydrogens (tertiary/aromatic N) is 1. The van der Waals surface area contributed by atoms with Crippen LogP contribution < -0.4 is 14.4 Å². The number of carbonyl (C=O) groups is 2. The molecular weight excluding hydrogens is 486 g/mol. The monoisotopic (exact) mass is 529 g/mol. The van der Waals surface area contributed by atoms with Crippen molar-refractivity contribution >= 4 is 17.6 Å². The van der Waals surface area contributed by atoms with Crippen LogP contribution in [0.3, 0.4) is 0 Å². The van der Waals surface area contributed by atoms with E-state index in [2.05, 4.69) is 0 Å². The smallest absolute Gasteiger partial charge is 0.325 e. The molecule has 0 spiro atoms. The van der Waals surface area contributed by atoms with Crippen LogP contribution in [0, 0.1) is 0 Å². The number of aromatic hydroxyl groups is 1. The predicted octanol–water partition coefficient (Wildman–Crippen LogP) is 5.90. The van der Waals surface area contributed by atoms with Gasteiger partial charge in [0.05, 0.1) is 27.4 Å². The van der Waals surface area contributed by atoms with Gasteiger partial charge in [-0.05, 0) is 25.0 Å². The maximum Gasteiger partial charge on any atom is 0.325 e. The summed E-state index contributed by atoms with van der Waals surface area (Å²) in [6, 6.07) is 14.6. The van der Waals surface area contributed by atoms with Gasteiger partial charge in [0, 0.05) is 23.9 Å². The van der Waals surface area contributed by atoms with Gasteiger partial charge in [-0.25, -0.2) is 0 Å². The molecule has 0 aliphatic rings. The quantitative estimate of drug-likeness (QED) is 0.167. The number of methoxy groups -OCH3 is 2. The van der Waals surface area contributed by atoms with Crippen LogP contribution in [0.4, 0.5) is 5.69 Å². The van der Waals surface area contributed by atoms with Gasteiger partial charge in [0.2, 0.25) is 0 Å². The molecule has 0 unspecified atom stereocenters. The average Bonchev–Trinajstić information content (AvgIpc) is 2.92. The molecule has 0 bridgehead atoms. The third-order valence-electron chi connectivity index (χ3n) is 6.16. The molecule has 8 heteroatoms. The lowest BCUT2D eigenvalue weighted by Gasteiger charge is -2.23. The summed E-state index contributed by atoms with van der Waals surface area (Å²) < 4.78 is 21.0. The number of hydrogen-bond acceptors (Lipinski definition) is 8. The molecule has 0 heterocycles. The number of unbranched alkanes of at least 4 members (excludes halogenated alkanes) is 9. The summed E-state index contributed by atoms with van der Waals surface area (Å²) in [5.74, 6) is 0.402. The second-order valence-electron chi connectivity index (χ2n) is 9.24. The minimum Gasteiger partial charge on any atom is -0.508 e. The van der Waals surface area contributed by atoms with Gasteiger partial charge in [-0.2, -0.15) is 0 Å². The van der Waals surface area contributed by atoms with Crippen molar-refractivity contribution in [2.24, 2.45) is 0 Å². The fourth-order valence-corrected chi connectivity index (χ4v) is 4.03. The van der Waals surface area contributed by atoms with E-state index in [0.29, 0.717) is 18.0 Å². The lowest BCUT2D eigenvalue weighted by molar-refractivity contribution is -0.140. The minimum absolute atomic E-state index is 0.0130. The molecule has 0 saturated heterocycles. The van der Waals surface area contributed by atoms with E-state index in [4.69, 9.17) is 18.9 Å². The number of ether oxygens (including phenoxy) is 4. The van der Waals surface area contributed by atoms with Crippen LogP contribution in [0.1, 0.15) is 64.2 Å². The molecular formula is C30H43NO7. The van der Waals surface area contributed by atoms with Crippen LogP contribution in [0.15, 0.2) is 48.5 Å². The van der Waals surface area contributed by atoms with Crippen molar-refractivity contribution in [3.63, 3.8) is 0 Å². The standard InChI is InChI=1S/C30H43NO7/c1-35-29(33)23-31(24-30(34)36-2)25-20-26(32)22-28(21-25)38-19-15-10-8-6-4-3-5-7-9-14-18-37-27-16-12-11-13-17-27/h11-13,16-17,20-22,32H,3-10,14-15,18-19,23-24H2,1-2H3. The average molecular weight is 530 g/mol. The van der Waals surface area contributed by atoms with Gasteiger partial charge in [-0.3, -0.25) is 9.59 Å². The lowest BCUT2D eigenvalue weighted by atomic mass is 10.1. The van der Waals surface area contributed by atoms with E-state index in [1.165, 1.54) is 76.2 Å². The Hall–Kier alpha value is -3.42. The highest BCUT2D eigenvalue weighted by atomic mass is 16.5. The topological polar surface area (TPSA) is 94.5 Å². The third kappa shape index (κ3) is 13.2. The van der Waals surface area contributed by atoms with E-state index < -0.39 is 11.9 Å². The Morgan fingerprint density at radius 1 is 0.658 bits per heavy atom. The zero-order valence-corrected chi connectivity index (χ0v) is 22.9. The van der Waals surface area contributed by atoms with Gasteiger partial charge < -0.3 is 29.0 Å². The normalized spacial score (nSPS) is 10.6. The van der Waals surface area contributed by atoms with E-state index in [1.807, 2.05) is 30.3 Å². The van der Waals surface area contributed by atoms with Crippen molar-refractivity contribution in [3.8, 4) is 17.2 Å². The molecule has 0 aromatic heterocycles. The van der Waals surface area contributed by atoms with Crippen LogP contribution in [0.5, 0.6) is 17.2 Å². The molecule has 2 aromatic carbocycles. The van der Waals surface area contributed by atoms with Crippen LogP contribution in [-0.4, -0.2) is 57.6 Å². The second kappa shape index (κ2) is 18.8. The first-order valence-electron chi connectivity index (χ1n) is 13.5. The molecule has 2 rings (SSSR count). The Morgan fingerprint density at radius 2 is 1.13 bits per heavy atom. The summed E-state index contributed by atoms with van der Waals surface area (Å²) in [5, 5.41) is 10.1. The van der Waals surface area contributed by atoms with Crippen molar-refractivity contribution in [3.05, 3.63) is 48.5 Å². The Morgan fingerprint density at radius 3 is 1.63 bits per heavy atom. The van der Waals surface area contributed by atoms with Gasteiger partial charge in [0.15, 0.2) is 0 Å². The van der Waals surface area contributed by atoms with Gasteiger partial charge in [-0.1, -0.05) is 69.6 Å². The molecule has 0 aliphatic carbocycles. The summed E-state index contributed by atoms with van der Waals surface area (Å²) in [6.07, 6.45) is 11.8. The number of para-hydroxylation sites is 1. The predicted molar refractivity (Wildman–Crippen MR) is 148 cm³/mol. The number of benzene rings is 2. The molecule has 1 N–H and O–H groups in total. The number of phenols is 1. The zero-order chi connectivity index (χ0) is 27.4. The lowest BCUT2D eigenvalue weighted by Crippen LogP contribution is -2.35. The van der Waals surface area contributed by atoms with E-state index in [9.17, 15) is 14.7 Å². The van der Waals surface area contributed by atoms with E-state index in [0.717, 1.165) is 31.6 Å². The molecule has 210 valence electrons. The Bertz CT molecular complexity index is 917. The van der Waals surface area contributed by atoms with Crippen molar-refractivity contribution in [2.75, 3.05) is 45.4 Å². The summed E-state index contributed by atoms with van der Waals surface area (Å²) in [7, 11) is 2.56. The Kier molecular flexibility index (Phi) is 15.2. The van der Waals surface area contributed by atoms with Crippen LogP contribution in [-0.2, 0) is 19.1 Å². The third-order valence-corrected chi connectivity index (χ3v) is 6.16. The van der Waals surface area contributed by atoms with Crippen molar-refractivity contribution in [1.29, 1.82) is 0 Å². The fourth-order valence-electron chi connectivity index (χ4n) is 4.03. The maximum absolute atomic E-state index is 11.8. The molecule has 0 fully saturated rings. The summed E-state index contributed by atoms with van der Waals surface area (Å²) >= 11 is 0. The van der Waals surface area contributed by atoms with Crippen LogP contribution in [0.2, 0.25) is 0 Å². The molecule has 38 heavy (non-hydrogen) atoms. The van der Waals surface area contributed by atoms with E-state index >= 15 is 0 Å². The van der Waals surface area contributed by atoms with Gasteiger partial charge in [-0.15, -0.1) is 0 Å². The molecule has 0 aliphatic heterocycles. The summed E-state index contributed by atoms with van der Waals surface area (Å²) in [5.41, 5.74) is 0.472. The highest BCUT2D eigenvalue weighted by Gasteiger charge is 2.18. The summed E-state index contributed by atoms with van der Waals surface area (Å²) in [4.78, 5) is 25.0. The Labute approximate surface area is 226 Å². The van der Waals surface area contributed by atoms with Crippen LogP contribution in [0.25, 0.3) is 0 Å². The number of anilines is 1. The fraction of sp³-hybridized carbons (Fsp3) is 0.533. The highest BCUT2D eigenvalue weighted by molar-refractivity contribution is 5.81. The number of carbonyl (C=O) groups excluding carboxylic acids is 2. The maximum atomic E-state index is 11.8. The summed E-state index contributed by atoms with van der Waals surface area (Å²) in [6.45, 7) is 1.01. The first-order chi connectivity index (χ1) is 18.5. The minimum atomic E-state index is -0.506. The van der Waals surface area contributed by atoms with Crippen molar-refractivity contribution in [2.45, 2.75) is 64.2 Å². The molecule has 0 saturated carbocycles. The number of hydrogen-bond donors (Lipinski definition) is 1. The van der Waals surface area contributed by atoms with Gasteiger partial charge in [0.1, 0.15) is 30.3 Å². The van der Waals surface area contributed by atoms with Crippen molar-refractivity contribution < 1.29 is 33.6 Å². The molecule has 0 amide bonds. The molecule has 8 nitrogen and oxygen atoms in total. The van der Waals surface area contributed by atoms with Gasteiger partial charge in [0.25, 0.3) is 0 Å². The zero-order valence-electron chi connectivity index (χ0n) is 22.9. The number of phenolic OH excluding ortho intramolecular Hbond substituents is 1. The SMILES string of the molecule is COC(=O)CN(CC(=O)OC)c1cc(O)cc(OCCCCCCCCCCCCOc2ccccc2)c1. The van der Waals surface area contributed by atoms with Crippen LogP contribution >= 0.6 is 0 Å². The second-order valence-corrected chi connectivity index (χ2v) is 9.24. The Balaban J connectivity index is 1.55. The molecule has 0 radical (unpaired) electrons. The highest BCUT2D eigenvalue weighted by Crippen LogP contribution is 2.28. The van der Waals surface area contributed by atoms with Gasteiger partial charge >= 0.3 is 11.9 Å². The van der Waals surface area contributed by atoms with Crippen molar-refractivity contribution in [1.82, 2.24) is 0 Å². The first kappa shape index (κ1) is 30.8. The van der Waals surface area contributed by atoms with E-state index in [1.54, 1.807) is 6.07 Å². The number of esters is 2. The first-order valence-corrected chi connectivity index (χ1v) is 13.5. The molecule has 0 atom stereocenters. The van der Waals surface area contributed by atoms with E-state index in [-0.39, 0.29) is 18.8 Å². The largest absolute Gasteiger partial charge is 0.508 e. The molecule has 2 aromatic rings. The number of rotatable bonds is 20.